The van der Waals surface area contributed by atoms with Crippen LogP contribution >= 0.6 is 0 Å². The van der Waals surface area contributed by atoms with Gasteiger partial charge < -0.3 is 4.74 Å². The number of carbonyl (C=O) groups excluding carboxylic acids is 1. The lowest BCUT2D eigenvalue weighted by Gasteiger charge is -2.27. The molecular weight excluding hydrogens is 278 g/mol. The minimum absolute atomic E-state index is 0.0550. The number of hydrogen-bond acceptors (Lipinski definition) is 4. The first kappa shape index (κ1) is 15.0. The second kappa shape index (κ2) is 6.46. The van der Waals surface area contributed by atoms with Gasteiger partial charge in [0.05, 0.1) is 12.8 Å². The van der Waals surface area contributed by atoms with Crippen molar-refractivity contribution in [3.05, 3.63) is 29.7 Å². The Balaban J connectivity index is 1.64. The van der Waals surface area contributed by atoms with E-state index in [9.17, 15) is 4.79 Å². The molecule has 3 rings (SSSR count). The summed E-state index contributed by atoms with van der Waals surface area (Å²) in [5.74, 6) is 0.910. The van der Waals surface area contributed by atoms with Crippen LogP contribution in [0.2, 0.25) is 0 Å². The summed E-state index contributed by atoms with van der Waals surface area (Å²) in [5.41, 5.74) is 3.21. The van der Waals surface area contributed by atoms with E-state index in [2.05, 4.69) is 18.1 Å². The van der Waals surface area contributed by atoms with Crippen molar-refractivity contribution in [1.29, 1.82) is 0 Å². The Morgan fingerprint density at radius 3 is 2.86 bits per heavy atom. The molecule has 0 N–H and O–H groups in total. The van der Waals surface area contributed by atoms with Gasteiger partial charge in [-0.3, -0.25) is 4.79 Å². The lowest BCUT2D eigenvalue weighted by atomic mass is 9.79. The van der Waals surface area contributed by atoms with Crippen molar-refractivity contribution in [2.75, 3.05) is 6.61 Å². The highest BCUT2D eigenvalue weighted by Gasteiger charge is 2.25. The van der Waals surface area contributed by atoms with Crippen molar-refractivity contribution in [3.8, 4) is 0 Å². The molecule has 118 valence electrons. The third-order valence-electron chi connectivity index (χ3n) is 4.58. The number of aromatic nitrogens is 3. The summed E-state index contributed by atoms with van der Waals surface area (Å²) < 4.78 is 6.92. The Labute approximate surface area is 130 Å². The highest BCUT2D eigenvalue weighted by Crippen LogP contribution is 2.36. The Morgan fingerprint density at radius 1 is 1.36 bits per heavy atom. The Bertz CT molecular complexity index is 657. The van der Waals surface area contributed by atoms with Gasteiger partial charge in [-0.15, -0.1) is 0 Å². The zero-order valence-corrected chi connectivity index (χ0v) is 13.3. The third-order valence-corrected chi connectivity index (χ3v) is 4.58. The van der Waals surface area contributed by atoms with Gasteiger partial charge in [0.1, 0.15) is 0 Å². The molecule has 1 aliphatic carbocycles. The lowest BCUT2D eigenvalue weighted by molar-refractivity contribution is -0.144. The number of hydrogen-bond donors (Lipinski definition) is 0. The molecule has 1 aliphatic rings. The first-order chi connectivity index (χ1) is 10.7. The quantitative estimate of drug-likeness (QED) is 0.813. The van der Waals surface area contributed by atoms with E-state index in [1.54, 1.807) is 6.20 Å². The van der Waals surface area contributed by atoms with E-state index in [-0.39, 0.29) is 5.97 Å². The largest absolute Gasteiger partial charge is 0.466 e. The van der Waals surface area contributed by atoms with Gasteiger partial charge in [0.2, 0.25) is 0 Å². The fraction of sp³-hybridized carbons (Fsp3) is 0.588. The molecule has 0 saturated heterocycles. The molecule has 5 heteroatoms. The normalized spacial score (nSPS) is 21.9. The Hall–Kier alpha value is -1.91. The molecule has 0 unspecified atom stereocenters. The van der Waals surface area contributed by atoms with Crippen molar-refractivity contribution in [1.82, 2.24) is 14.6 Å². The number of carbonyl (C=O) groups is 1. The zero-order chi connectivity index (χ0) is 15.5. The minimum atomic E-state index is -0.0550. The molecule has 0 radical (unpaired) electrons. The van der Waals surface area contributed by atoms with Crippen LogP contribution in [-0.4, -0.2) is 27.2 Å². The summed E-state index contributed by atoms with van der Waals surface area (Å²) in [6, 6.07) is 4.10. The van der Waals surface area contributed by atoms with Crippen LogP contribution in [0.1, 0.15) is 56.3 Å². The van der Waals surface area contributed by atoms with Gasteiger partial charge in [0, 0.05) is 29.8 Å². The van der Waals surface area contributed by atoms with E-state index in [0.717, 1.165) is 37.0 Å². The average molecular weight is 301 g/mol. The number of aryl methyl sites for hydroxylation is 1. The molecule has 0 aliphatic heterocycles. The molecule has 0 spiro atoms. The van der Waals surface area contributed by atoms with Gasteiger partial charge in [-0.1, -0.05) is 0 Å². The van der Waals surface area contributed by atoms with Crippen LogP contribution in [0.4, 0.5) is 0 Å². The molecular formula is C17H23N3O2. The van der Waals surface area contributed by atoms with Crippen LogP contribution < -0.4 is 0 Å². The maximum absolute atomic E-state index is 11.6. The summed E-state index contributed by atoms with van der Waals surface area (Å²) in [7, 11) is 0. The molecule has 0 amide bonds. The number of esters is 1. The summed E-state index contributed by atoms with van der Waals surface area (Å²) >= 11 is 0. The second-order valence-electron chi connectivity index (χ2n) is 6.15. The molecule has 0 aromatic carbocycles. The average Bonchev–Trinajstić information content (AvgIpc) is 2.97. The van der Waals surface area contributed by atoms with Gasteiger partial charge >= 0.3 is 5.97 Å². The maximum atomic E-state index is 11.6. The minimum Gasteiger partial charge on any atom is -0.466 e. The van der Waals surface area contributed by atoms with E-state index < -0.39 is 0 Å². The Morgan fingerprint density at radius 2 is 2.14 bits per heavy atom. The highest BCUT2D eigenvalue weighted by atomic mass is 16.5. The van der Waals surface area contributed by atoms with Crippen LogP contribution in [0, 0.1) is 12.8 Å². The summed E-state index contributed by atoms with van der Waals surface area (Å²) in [4.78, 5) is 16.3. The molecule has 0 atom stereocenters. The molecule has 1 saturated carbocycles. The number of rotatable bonds is 4. The predicted molar refractivity (Wildman–Crippen MR) is 83.7 cm³/mol. The van der Waals surface area contributed by atoms with Gasteiger partial charge in [-0.2, -0.15) is 5.10 Å². The maximum Gasteiger partial charge on any atom is 0.306 e. The van der Waals surface area contributed by atoms with Crippen LogP contribution in [0.25, 0.3) is 5.65 Å². The highest BCUT2D eigenvalue weighted by molar-refractivity contribution is 5.69. The van der Waals surface area contributed by atoms with Gasteiger partial charge in [0.15, 0.2) is 5.65 Å². The molecule has 22 heavy (non-hydrogen) atoms. The van der Waals surface area contributed by atoms with Gasteiger partial charge in [-0.25, -0.2) is 9.50 Å². The SMILES string of the molecule is CCOC(=O)CC1CCC(c2cc(C)n3nccc3n2)CC1. The molecule has 1 fully saturated rings. The molecule has 2 aromatic rings. The van der Waals surface area contributed by atoms with Gasteiger partial charge in [-0.05, 0) is 51.5 Å². The van der Waals surface area contributed by atoms with Crippen molar-refractivity contribution in [2.45, 2.75) is 51.9 Å². The molecule has 2 aromatic heterocycles. The zero-order valence-electron chi connectivity index (χ0n) is 13.3. The predicted octanol–water partition coefficient (Wildman–Crippen LogP) is 3.26. The molecule has 0 bridgehead atoms. The first-order valence-electron chi connectivity index (χ1n) is 8.14. The van der Waals surface area contributed by atoms with Crippen molar-refractivity contribution < 1.29 is 9.53 Å². The third kappa shape index (κ3) is 3.13. The van der Waals surface area contributed by atoms with E-state index in [4.69, 9.17) is 9.72 Å². The topological polar surface area (TPSA) is 56.5 Å². The van der Waals surface area contributed by atoms with E-state index >= 15 is 0 Å². The van der Waals surface area contributed by atoms with Crippen LogP contribution in [0.5, 0.6) is 0 Å². The number of nitrogens with zero attached hydrogens (tertiary/aromatic N) is 3. The second-order valence-corrected chi connectivity index (χ2v) is 6.15. The van der Waals surface area contributed by atoms with Crippen LogP contribution in [-0.2, 0) is 9.53 Å². The Kier molecular flexibility index (Phi) is 4.41. The van der Waals surface area contributed by atoms with Crippen molar-refractivity contribution >= 4 is 11.6 Å². The van der Waals surface area contributed by atoms with E-state index in [0.29, 0.717) is 24.9 Å². The van der Waals surface area contributed by atoms with Crippen molar-refractivity contribution in [2.24, 2.45) is 5.92 Å². The fourth-order valence-corrected chi connectivity index (χ4v) is 3.42. The molecule has 5 nitrogen and oxygen atoms in total. The fourth-order valence-electron chi connectivity index (χ4n) is 3.42. The van der Waals surface area contributed by atoms with E-state index in [1.165, 1.54) is 5.69 Å². The lowest BCUT2D eigenvalue weighted by Crippen LogP contribution is -2.18. The van der Waals surface area contributed by atoms with Crippen LogP contribution in [0.15, 0.2) is 18.3 Å². The number of ether oxygens (including phenoxy) is 1. The smallest absolute Gasteiger partial charge is 0.306 e. The number of fused-ring (bicyclic) bond motifs is 1. The van der Waals surface area contributed by atoms with Crippen molar-refractivity contribution in [3.63, 3.8) is 0 Å². The summed E-state index contributed by atoms with van der Waals surface area (Å²) in [6.07, 6.45) is 6.70. The standard InChI is InChI=1S/C17H23N3O2/c1-3-22-17(21)11-13-4-6-14(7-5-13)15-10-12(2)20-16(19-15)8-9-18-20/h8-10,13-14H,3-7,11H2,1-2H3. The summed E-state index contributed by atoms with van der Waals surface area (Å²) in [5, 5.41) is 4.27. The molecule has 2 heterocycles. The van der Waals surface area contributed by atoms with E-state index in [1.807, 2.05) is 17.5 Å². The van der Waals surface area contributed by atoms with Gasteiger partial charge in [0.25, 0.3) is 0 Å². The first-order valence-corrected chi connectivity index (χ1v) is 8.14. The summed E-state index contributed by atoms with van der Waals surface area (Å²) in [6.45, 7) is 4.40. The monoisotopic (exact) mass is 301 g/mol. The van der Waals surface area contributed by atoms with Crippen LogP contribution in [0.3, 0.4) is 0 Å².